The highest BCUT2D eigenvalue weighted by Crippen LogP contribution is 2.21. The average molecular weight is 284 g/mol. The molecule has 0 heterocycles. The van der Waals surface area contributed by atoms with Crippen LogP contribution >= 0.6 is 0 Å². The molecule has 108 valence electrons. The molecular weight excluding hydrogens is 268 g/mol. The molecule has 0 spiro atoms. The maximum Gasteiger partial charge on any atom is 0.323 e. The predicted molar refractivity (Wildman–Crippen MR) is 82.3 cm³/mol. The Hall–Kier alpha value is -2.95. The number of rotatable bonds is 4. The summed E-state index contributed by atoms with van der Waals surface area (Å²) >= 11 is 0. The van der Waals surface area contributed by atoms with Gasteiger partial charge in [0.15, 0.2) is 0 Å². The van der Waals surface area contributed by atoms with Crippen LogP contribution < -0.4 is 15.4 Å². The van der Waals surface area contributed by atoms with E-state index in [1.807, 2.05) is 24.3 Å². The van der Waals surface area contributed by atoms with Gasteiger partial charge in [0.25, 0.3) is 0 Å². The van der Waals surface area contributed by atoms with Gasteiger partial charge in [0.05, 0.1) is 12.8 Å². The van der Waals surface area contributed by atoms with Gasteiger partial charge < -0.3 is 20.5 Å². The molecule has 2 aromatic rings. The highest BCUT2D eigenvalue weighted by Gasteiger charge is 2.03. The SMILES string of the molecule is COc1ccccc1/C=C/NC(=O)Nc1ccccc1O. The number of nitrogens with one attached hydrogen (secondary N) is 2. The number of para-hydroxylation sites is 3. The largest absolute Gasteiger partial charge is 0.506 e. The summed E-state index contributed by atoms with van der Waals surface area (Å²) in [5.74, 6) is 0.734. The number of aromatic hydroxyl groups is 1. The molecule has 0 aromatic heterocycles. The van der Waals surface area contributed by atoms with Crippen molar-refractivity contribution in [1.82, 2.24) is 5.32 Å². The van der Waals surface area contributed by atoms with Crippen molar-refractivity contribution in [3.05, 3.63) is 60.3 Å². The van der Waals surface area contributed by atoms with Crippen LogP contribution in [0.5, 0.6) is 11.5 Å². The first-order chi connectivity index (χ1) is 10.2. The topological polar surface area (TPSA) is 70.6 Å². The van der Waals surface area contributed by atoms with E-state index in [1.165, 1.54) is 12.3 Å². The van der Waals surface area contributed by atoms with E-state index in [0.29, 0.717) is 5.69 Å². The molecule has 0 bridgehead atoms. The molecule has 5 nitrogen and oxygen atoms in total. The predicted octanol–water partition coefficient (Wildman–Crippen LogP) is 3.19. The monoisotopic (exact) mass is 284 g/mol. The molecule has 0 atom stereocenters. The van der Waals surface area contributed by atoms with Gasteiger partial charge >= 0.3 is 6.03 Å². The summed E-state index contributed by atoms with van der Waals surface area (Å²) in [6.45, 7) is 0. The van der Waals surface area contributed by atoms with Crippen molar-refractivity contribution >= 4 is 17.8 Å². The van der Waals surface area contributed by atoms with E-state index in [-0.39, 0.29) is 5.75 Å². The Kier molecular flexibility index (Phi) is 4.82. The van der Waals surface area contributed by atoms with Crippen molar-refractivity contribution in [2.45, 2.75) is 0 Å². The Morgan fingerprint density at radius 1 is 1.14 bits per heavy atom. The first-order valence-corrected chi connectivity index (χ1v) is 6.36. The van der Waals surface area contributed by atoms with Gasteiger partial charge in [0.1, 0.15) is 11.5 Å². The summed E-state index contributed by atoms with van der Waals surface area (Å²) in [5.41, 5.74) is 1.20. The van der Waals surface area contributed by atoms with Gasteiger partial charge in [-0.3, -0.25) is 0 Å². The van der Waals surface area contributed by atoms with Crippen LogP contribution in [-0.4, -0.2) is 18.2 Å². The summed E-state index contributed by atoms with van der Waals surface area (Å²) in [6, 6.07) is 13.5. The standard InChI is InChI=1S/C16H16N2O3/c1-21-15-9-5-2-6-12(15)10-11-17-16(20)18-13-7-3-4-8-14(13)19/h2-11,19H,1H3,(H2,17,18,20)/b11-10+. The smallest absolute Gasteiger partial charge is 0.323 e. The Morgan fingerprint density at radius 3 is 2.62 bits per heavy atom. The summed E-state index contributed by atoms with van der Waals surface area (Å²) in [5, 5.41) is 14.7. The van der Waals surface area contributed by atoms with Gasteiger partial charge in [-0.15, -0.1) is 0 Å². The van der Waals surface area contributed by atoms with Crippen molar-refractivity contribution in [2.75, 3.05) is 12.4 Å². The number of phenolic OH excluding ortho intramolecular Hbond substituents is 1. The first kappa shape index (κ1) is 14.5. The number of benzene rings is 2. The van der Waals surface area contributed by atoms with Crippen molar-refractivity contribution in [2.24, 2.45) is 0 Å². The summed E-state index contributed by atoms with van der Waals surface area (Å²) < 4.78 is 5.20. The molecule has 5 heteroatoms. The van der Waals surface area contributed by atoms with Crippen molar-refractivity contribution < 1.29 is 14.6 Å². The molecule has 2 amide bonds. The number of methoxy groups -OCH3 is 1. The normalized spacial score (nSPS) is 10.3. The van der Waals surface area contributed by atoms with Gasteiger partial charge in [-0.2, -0.15) is 0 Å². The quantitative estimate of drug-likeness (QED) is 0.755. The number of phenols is 1. The minimum atomic E-state index is -0.442. The van der Waals surface area contributed by atoms with Gasteiger partial charge in [0.2, 0.25) is 0 Å². The lowest BCUT2D eigenvalue weighted by atomic mass is 10.2. The van der Waals surface area contributed by atoms with Crippen LogP contribution in [0.2, 0.25) is 0 Å². The molecule has 0 unspecified atom stereocenters. The van der Waals surface area contributed by atoms with Gasteiger partial charge in [0, 0.05) is 11.8 Å². The average Bonchev–Trinajstić information content (AvgIpc) is 2.50. The Labute approximate surface area is 122 Å². The van der Waals surface area contributed by atoms with E-state index in [2.05, 4.69) is 10.6 Å². The zero-order chi connectivity index (χ0) is 15.1. The molecule has 0 aliphatic carbocycles. The molecule has 0 aliphatic rings. The highest BCUT2D eigenvalue weighted by atomic mass is 16.5. The molecule has 2 rings (SSSR count). The maximum absolute atomic E-state index is 11.7. The molecule has 2 aromatic carbocycles. The van der Waals surface area contributed by atoms with E-state index in [0.717, 1.165) is 11.3 Å². The third kappa shape index (κ3) is 4.01. The van der Waals surface area contributed by atoms with Crippen LogP contribution in [0.15, 0.2) is 54.7 Å². The molecule has 0 aliphatic heterocycles. The van der Waals surface area contributed by atoms with Crippen LogP contribution in [0.3, 0.4) is 0 Å². The molecule has 0 saturated heterocycles. The van der Waals surface area contributed by atoms with E-state index in [1.54, 1.807) is 31.4 Å². The van der Waals surface area contributed by atoms with E-state index in [4.69, 9.17) is 4.74 Å². The van der Waals surface area contributed by atoms with Gasteiger partial charge in [-0.1, -0.05) is 30.3 Å². The van der Waals surface area contributed by atoms with Crippen LogP contribution in [-0.2, 0) is 0 Å². The van der Waals surface area contributed by atoms with E-state index in [9.17, 15) is 9.90 Å². The second kappa shape index (κ2) is 7.00. The molecule has 0 radical (unpaired) electrons. The second-order valence-corrected chi connectivity index (χ2v) is 4.19. The van der Waals surface area contributed by atoms with Gasteiger partial charge in [-0.05, 0) is 24.3 Å². The first-order valence-electron chi connectivity index (χ1n) is 6.36. The minimum Gasteiger partial charge on any atom is -0.506 e. The maximum atomic E-state index is 11.7. The Balaban J connectivity index is 1.95. The number of amides is 2. The van der Waals surface area contributed by atoms with Crippen LogP contribution in [0.4, 0.5) is 10.5 Å². The third-order valence-corrected chi connectivity index (χ3v) is 2.77. The molecule has 21 heavy (non-hydrogen) atoms. The number of urea groups is 1. The zero-order valence-corrected chi connectivity index (χ0v) is 11.5. The summed E-state index contributed by atoms with van der Waals surface area (Å²) in [7, 11) is 1.59. The number of hydrogen-bond acceptors (Lipinski definition) is 3. The second-order valence-electron chi connectivity index (χ2n) is 4.19. The fourth-order valence-electron chi connectivity index (χ4n) is 1.75. The van der Waals surface area contributed by atoms with Crippen molar-refractivity contribution in [3.63, 3.8) is 0 Å². The van der Waals surface area contributed by atoms with Crippen molar-refractivity contribution in [1.29, 1.82) is 0 Å². The number of hydrogen-bond donors (Lipinski definition) is 3. The number of carbonyl (C=O) groups excluding carboxylic acids is 1. The Bertz CT molecular complexity index is 653. The molecule has 3 N–H and O–H groups in total. The summed E-state index contributed by atoms with van der Waals surface area (Å²) in [6.07, 6.45) is 3.23. The van der Waals surface area contributed by atoms with Crippen LogP contribution in [0, 0.1) is 0 Å². The minimum absolute atomic E-state index is 0.0151. The van der Waals surface area contributed by atoms with Crippen molar-refractivity contribution in [3.8, 4) is 11.5 Å². The highest BCUT2D eigenvalue weighted by molar-refractivity contribution is 5.91. The van der Waals surface area contributed by atoms with Crippen LogP contribution in [0.1, 0.15) is 5.56 Å². The third-order valence-electron chi connectivity index (χ3n) is 2.77. The zero-order valence-electron chi connectivity index (χ0n) is 11.5. The van der Waals surface area contributed by atoms with E-state index < -0.39 is 6.03 Å². The fraction of sp³-hybridized carbons (Fsp3) is 0.0625. The summed E-state index contributed by atoms with van der Waals surface area (Å²) in [4.78, 5) is 11.7. The lowest BCUT2D eigenvalue weighted by Gasteiger charge is -2.06. The number of ether oxygens (including phenoxy) is 1. The number of anilines is 1. The van der Waals surface area contributed by atoms with E-state index >= 15 is 0 Å². The molecule has 0 saturated carbocycles. The van der Waals surface area contributed by atoms with Gasteiger partial charge in [-0.25, -0.2) is 4.79 Å². The fourth-order valence-corrected chi connectivity index (χ4v) is 1.75. The Morgan fingerprint density at radius 2 is 1.86 bits per heavy atom. The molecule has 0 fully saturated rings. The lowest BCUT2D eigenvalue weighted by molar-refractivity contribution is 0.255. The van der Waals surface area contributed by atoms with Crippen LogP contribution in [0.25, 0.3) is 6.08 Å². The number of carbonyl (C=O) groups is 1. The molecular formula is C16H16N2O3. The lowest BCUT2D eigenvalue weighted by Crippen LogP contribution is -2.23.